The summed E-state index contributed by atoms with van der Waals surface area (Å²) in [5.41, 5.74) is 5.17. The van der Waals surface area contributed by atoms with Crippen LogP contribution in [-0.4, -0.2) is 24.1 Å². The molecule has 1 N–H and O–H groups in total. The Bertz CT molecular complexity index is 636. The van der Waals surface area contributed by atoms with Gasteiger partial charge in [0.15, 0.2) is 0 Å². The van der Waals surface area contributed by atoms with Crippen molar-refractivity contribution >= 4 is 6.47 Å². The molecule has 5 heteroatoms. The monoisotopic (exact) mass is 340 g/mol. The fraction of sp³-hybridized carbons (Fsp3) is 0.350. The molecular formula is C20H24N2O3. The second-order valence-electron chi connectivity index (χ2n) is 6.19. The third-order valence-electron chi connectivity index (χ3n) is 4.49. The molecular weight excluding hydrogens is 316 g/mol. The molecule has 0 saturated carbocycles. The lowest BCUT2D eigenvalue weighted by molar-refractivity contribution is -0.159. The number of hydrogen-bond donors (Lipinski definition) is 1. The van der Waals surface area contributed by atoms with Gasteiger partial charge in [-0.05, 0) is 24.0 Å². The number of benzene rings is 2. The normalized spacial score (nSPS) is 19.3. The number of carbonyl (C=O) groups excluding carboxylic acids is 1. The van der Waals surface area contributed by atoms with Crippen LogP contribution in [0.5, 0.6) is 0 Å². The van der Waals surface area contributed by atoms with Gasteiger partial charge in [0.1, 0.15) is 6.10 Å². The second-order valence-corrected chi connectivity index (χ2v) is 6.19. The van der Waals surface area contributed by atoms with E-state index >= 15 is 0 Å². The summed E-state index contributed by atoms with van der Waals surface area (Å²) in [5, 5.41) is 2.05. The number of carbonyl (C=O) groups is 1. The van der Waals surface area contributed by atoms with Crippen molar-refractivity contribution in [3.05, 3.63) is 71.8 Å². The van der Waals surface area contributed by atoms with Gasteiger partial charge in [0.2, 0.25) is 0 Å². The molecule has 3 rings (SSSR count). The van der Waals surface area contributed by atoms with Crippen molar-refractivity contribution in [1.82, 2.24) is 10.6 Å². The fourth-order valence-electron chi connectivity index (χ4n) is 3.25. The fourth-order valence-corrected chi connectivity index (χ4v) is 3.25. The van der Waals surface area contributed by atoms with E-state index in [1.54, 1.807) is 0 Å². The Labute approximate surface area is 148 Å². The van der Waals surface area contributed by atoms with Gasteiger partial charge >= 0.3 is 0 Å². The van der Waals surface area contributed by atoms with Crippen LogP contribution < -0.4 is 5.59 Å². The van der Waals surface area contributed by atoms with Crippen molar-refractivity contribution in [3.63, 3.8) is 0 Å². The molecule has 0 amide bonds. The molecule has 0 spiro atoms. The van der Waals surface area contributed by atoms with Crippen LogP contribution >= 0.6 is 0 Å². The molecule has 1 aliphatic heterocycles. The molecule has 2 aromatic rings. The van der Waals surface area contributed by atoms with Crippen molar-refractivity contribution in [2.45, 2.75) is 38.0 Å². The molecule has 1 aliphatic rings. The summed E-state index contributed by atoms with van der Waals surface area (Å²) < 4.78 is 5.44. The maximum Gasteiger partial charge on any atom is 0.293 e. The minimum atomic E-state index is -0.313. The van der Waals surface area contributed by atoms with Crippen LogP contribution in [0.3, 0.4) is 0 Å². The summed E-state index contributed by atoms with van der Waals surface area (Å²) >= 11 is 0. The van der Waals surface area contributed by atoms with Crippen molar-refractivity contribution in [1.29, 1.82) is 0 Å². The molecule has 2 atom stereocenters. The van der Waals surface area contributed by atoms with E-state index in [4.69, 9.17) is 9.57 Å². The average molecular weight is 340 g/mol. The molecule has 0 aliphatic carbocycles. The van der Waals surface area contributed by atoms with Crippen LogP contribution in [0.15, 0.2) is 60.7 Å². The standard InChI is InChI=1S/C20H24N2O3/c23-16-24-20(18-11-5-2-6-12-18)19-13-7-8-14-22(19)21-25-15-17-9-3-1-4-10-17/h1-6,9-12,16,19-21H,7-8,13-15H2. The molecule has 1 heterocycles. The maximum atomic E-state index is 11.0. The summed E-state index contributed by atoms with van der Waals surface area (Å²) in [5.74, 6) is 0. The molecule has 1 fully saturated rings. The Morgan fingerprint density at radius 2 is 1.80 bits per heavy atom. The van der Waals surface area contributed by atoms with Gasteiger partial charge in [-0.15, -0.1) is 5.59 Å². The smallest absolute Gasteiger partial charge is 0.293 e. The van der Waals surface area contributed by atoms with Gasteiger partial charge in [0, 0.05) is 6.54 Å². The van der Waals surface area contributed by atoms with Gasteiger partial charge < -0.3 is 4.74 Å². The average Bonchev–Trinajstić information content (AvgIpc) is 2.68. The maximum absolute atomic E-state index is 11.0. The lowest BCUT2D eigenvalue weighted by Gasteiger charge is -2.38. The number of piperidine rings is 1. The van der Waals surface area contributed by atoms with E-state index < -0.39 is 0 Å². The number of hydrogen-bond acceptors (Lipinski definition) is 5. The Balaban J connectivity index is 1.65. The van der Waals surface area contributed by atoms with Crippen LogP contribution in [0.4, 0.5) is 0 Å². The Morgan fingerprint density at radius 1 is 1.08 bits per heavy atom. The van der Waals surface area contributed by atoms with E-state index in [9.17, 15) is 4.79 Å². The molecule has 0 aromatic heterocycles. The highest BCUT2D eigenvalue weighted by molar-refractivity contribution is 5.39. The summed E-state index contributed by atoms with van der Waals surface area (Å²) in [4.78, 5) is 16.7. The lowest BCUT2D eigenvalue weighted by Crippen LogP contribution is -2.51. The first-order valence-electron chi connectivity index (χ1n) is 8.70. The van der Waals surface area contributed by atoms with E-state index in [-0.39, 0.29) is 12.1 Å². The summed E-state index contributed by atoms with van der Waals surface area (Å²) in [6.45, 7) is 1.87. The third kappa shape index (κ3) is 4.89. The second kappa shape index (κ2) is 9.32. The van der Waals surface area contributed by atoms with Crippen LogP contribution in [0.25, 0.3) is 0 Å². The van der Waals surface area contributed by atoms with Crippen molar-refractivity contribution in [2.24, 2.45) is 0 Å². The highest BCUT2D eigenvalue weighted by Gasteiger charge is 2.32. The first-order chi connectivity index (χ1) is 12.4. The van der Waals surface area contributed by atoms with Crippen LogP contribution in [0.2, 0.25) is 0 Å². The summed E-state index contributed by atoms with van der Waals surface area (Å²) in [6.07, 6.45) is 2.81. The Morgan fingerprint density at radius 3 is 2.52 bits per heavy atom. The first-order valence-corrected chi connectivity index (χ1v) is 8.70. The number of rotatable bonds is 8. The van der Waals surface area contributed by atoms with Gasteiger partial charge in [-0.25, -0.2) is 5.01 Å². The van der Waals surface area contributed by atoms with Crippen LogP contribution in [0, 0.1) is 0 Å². The van der Waals surface area contributed by atoms with Gasteiger partial charge in [0.25, 0.3) is 6.47 Å². The van der Waals surface area contributed by atoms with Crippen molar-refractivity contribution in [2.75, 3.05) is 6.54 Å². The predicted octanol–water partition coefficient (Wildman–Crippen LogP) is 3.39. The molecule has 2 unspecified atom stereocenters. The molecule has 1 saturated heterocycles. The number of nitrogens with one attached hydrogen (secondary N) is 1. The zero-order valence-corrected chi connectivity index (χ0v) is 14.2. The lowest BCUT2D eigenvalue weighted by atomic mass is 9.94. The molecule has 132 valence electrons. The highest BCUT2D eigenvalue weighted by atomic mass is 16.7. The largest absolute Gasteiger partial charge is 0.458 e. The molecule has 2 aromatic carbocycles. The van der Waals surface area contributed by atoms with E-state index in [0.29, 0.717) is 13.1 Å². The van der Waals surface area contributed by atoms with Crippen LogP contribution in [0.1, 0.15) is 36.5 Å². The Kier molecular flexibility index (Phi) is 6.56. The van der Waals surface area contributed by atoms with E-state index in [1.807, 2.05) is 65.7 Å². The summed E-state index contributed by atoms with van der Waals surface area (Å²) in [7, 11) is 0. The Hall–Kier alpha value is -2.21. The van der Waals surface area contributed by atoms with Crippen molar-refractivity contribution < 1.29 is 14.4 Å². The minimum absolute atomic E-state index is 0.0390. The van der Waals surface area contributed by atoms with Crippen LogP contribution in [-0.2, 0) is 21.0 Å². The zero-order valence-electron chi connectivity index (χ0n) is 14.2. The zero-order chi connectivity index (χ0) is 17.3. The quantitative estimate of drug-likeness (QED) is 0.590. The van der Waals surface area contributed by atoms with E-state index in [2.05, 4.69) is 5.59 Å². The van der Waals surface area contributed by atoms with Gasteiger partial charge in [-0.1, -0.05) is 67.1 Å². The van der Waals surface area contributed by atoms with E-state index in [1.165, 1.54) is 0 Å². The van der Waals surface area contributed by atoms with Gasteiger partial charge in [-0.3, -0.25) is 9.63 Å². The molecule has 0 bridgehead atoms. The first kappa shape index (κ1) is 17.6. The number of nitrogens with zero attached hydrogens (tertiary/aromatic N) is 1. The number of hydrazine groups is 1. The molecule has 5 nitrogen and oxygen atoms in total. The number of ether oxygens (including phenoxy) is 1. The SMILES string of the molecule is O=COC(c1ccccc1)C1CCCCN1NOCc1ccccc1. The molecule has 0 radical (unpaired) electrons. The molecule has 25 heavy (non-hydrogen) atoms. The minimum Gasteiger partial charge on any atom is -0.458 e. The highest BCUT2D eigenvalue weighted by Crippen LogP contribution is 2.30. The predicted molar refractivity (Wildman–Crippen MR) is 95.0 cm³/mol. The van der Waals surface area contributed by atoms with Crippen molar-refractivity contribution in [3.8, 4) is 0 Å². The van der Waals surface area contributed by atoms with Gasteiger partial charge in [0.05, 0.1) is 12.6 Å². The van der Waals surface area contributed by atoms with E-state index in [0.717, 1.165) is 36.9 Å². The topological polar surface area (TPSA) is 50.8 Å². The van der Waals surface area contributed by atoms with Gasteiger partial charge in [-0.2, -0.15) is 0 Å². The third-order valence-corrected chi connectivity index (χ3v) is 4.49. The summed E-state index contributed by atoms with van der Waals surface area (Å²) in [6, 6.07) is 19.9.